The van der Waals surface area contributed by atoms with Crippen LogP contribution in [0.2, 0.25) is 0 Å². The zero-order valence-corrected chi connectivity index (χ0v) is 9.40. The van der Waals surface area contributed by atoms with Crippen molar-refractivity contribution in [3.63, 3.8) is 0 Å². The number of rotatable bonds is 6. The van der Waals surface area contributed by atoms with Crippen molar-refractivity contribution in [2.75, 3.05) is 13.1 Å². The number of hydrogen-bond donors (Lipinski definition) is 2. The van der Waals surface area contributed by atoms with Crippen LogP contribution in [0.15, 0.2) is 18.2 Å². The van der Waals surface area contributed by atoms with E-state index in [2.05, 4.69) is 5.32 Å². The molecule has 5 heteroatoms. The van der Waals surface area contributed by atoms with Gasteiger partial charge in [-0.1, -0.05) is 12.1 Å². The number of nitrogens with two attached hydrogens (primary N) is 1. The zero-order valence-electron chi connectivity index (χ0n) is 9.40. The van der Waals surface area contributed by atoms with Gasteiger partial charge in [0.25, 0.3) is 5.69 Å². The quantitative estimate of drug-likeness (QED) is 0.433. The molecule has 1 aromatic carbocycles. The van der Waals surface area contributed by atoms with E-state index in [4.69, 9.17) is 5.73 Å². The minimum absolute atomic E-state index is 0.179. The molecule has 5 nitrogen and oxygen atoms in total. The van der Waals surface area contributed by atoms with Crippen LogP contribution in [0.25, 0.3) is 0 Å². The maximum Gasteiger partial charge on any atom is 0.272 e. The molecule has 0 aliphatic heterocycles. The Morgan fingerprint density at radius 1 is 1.50 bits per heavy atom. The topological polar surface area (TPSA) is 81.2 Å². The Kier molecular flexibility index (Phi) is 4.88. The number of benzene rings is 1. The summed E-state index contributed by atoms with van der Waals surface area (Å²) in [6, 6.07) is 5.14. The third-order valence-corrected chi connectivity index (χ3v) is 2.49. The SMILES string of the molecule is Cc1c(CNCCCN)cccc1[N+](=O)[O-]. The molecule has 0 fully saturated rings. The lowest BCUT2D eigenvalue weighted by atomic mass is 10.1. The molecule has 1 aromatic rings. The first-order chi connectivity index (χ1) is 7.66. The van der Waals surface area contributed by atoms with Gasteiger partial charge in [-0.25, -0.2) is 0 Å². The predicted octanol–water partition coefficient (Wildman–Crippen LogP) is 1.34. The van der Waals surface area contributed by atoms with Gasteiger partial charge in [0.1, 0.15) is 0 Å². The number of nitrogens with zero attached hydrogens (tertiary/aromatic N) is 1. The van der Waals surface area contributed by atoms with E-state index in [1.807, 2.05) is 6.07 Å². The number of nitro benzene ring substituents is 1. The van der Waals surface area contributed by atoms with Gasteiger partial charge < -0.3 is 11.1 Å². The first-order valence-electron chi connectivity index (χ1n) is 5.30. The number of nitrogens with one attached hydrogen (secondary N) is 1. The lowest BCUT2D eigenvalue weighted by Gasteiger charge is -2.07. The number of nitro groups is 1. The summed E-state index contributed by atoms with van der Waals surface area (Å²) in [6.07, 6.45) is 0.911. The van der Waals surface area contributed by atoms with E-state index < -0.39 is 0 Å². The van der Waals surface area contributed by atoms with Crippen LogP contribution in [-0.4, -0.2) is 18.0 Å². The standard InChI is InChI=1S/C11H17N3O2/c1-9-10(8-13-7-3-6-12)4-2-5-11(9)14(15)16/h2,4-5,13H,3,6-8,12H2,1H3. The van der Waals surface area contributed by atoms with Crippen LogP contribution in [0.3, 0.4) is 0 Å². The minimum Gasteiger partial charge on any atom is -0.330 e. The molecule has 0 saturated heterocycles. The maximum atomic E-state index is 10.7. The summed E-state index contributed by atoms with van der Waals surface area (Å²) in [5.74, 6) is 0. The van der Waals surface area contributed by atoms with Crippen LogP contribution < -0.4 is 11.1 Å². The van der Waals surface area contributed by atoms with Crippen molar-refractivity contribution in [1.29, 1.82) is 0 Å². The van der Waals surface area contributed by atoms with Gasteiger partial charge in [-0.15, -0.1) is 0 Å². The fourth-order valence-corrected chi connectivity index (χ4v) is 1.51. The van der Waals surface area contributed by atoms with Gasteiger partial charge >= 0.3 is 0 Å². The molecule has 0 saturated carbocycles. The molecule has 0 aromatic heterocycles. The molecule has 0 unspecified atom stereocenters. The molecule has 16 heavy (non-hydrogen) atoms. The first-order valence-corrected chi connectivity index (χ1v) is 5.30. The Balaban J connectivity index is 2.66. The van der Waals surface area contributed by atoms with E-state index in [0.29, 0.717) is 13.1 Å². The fraction of sp³-hybridized carbons (Fsp3) is 0.455. The lowest BCUT2D eigenvalue weighted by Crippen LogP contribution is -2.18. The first kappa shape index (κ1) is 12.6. The smallest absolute Gasteiger partial charge is 0.272 e. The molecule has 0 heterocycles. The Morgan fingerprint density at radius 2 is 2.25 bits per heavy atom. The molecule has 0 bridgehead atoms. The Hall–Kier alpha value is -1.46. The van der Waals surface area contributed by atoms with Gasteiger partial charge in [-0.3, -0.25) is 10.1 Å². The molecule has 88 valence electrons. The Morgan fingerprint density at radius 3 is 2.88 bits per heavy atom. The molecule has 0 aliphatic rings. The molecular formula is C11H17N3O2. The normalized spacial score (nSPS) is 10.4. The second kappa shape index (κ2) is 6.19. The molecule has 0 spiro atoms. The molecule has 1 rings (SSSR count). The molecular weight excluding hydrogens is 206 g/mol. The molecule has 3 N–H and O–H groups in total. The van der Waals surface area contributed by atoms with Crippen LogP contribution in [-0.2, 0) is 6.54 Å². The largest absolute Gasteiger partial charge is 0.330 e. The monoisotopic (exact) mass is 223 g/mol. The van der Waals surface area contributed by atoms with Gasteiger partial charge in [0.15, 0.2) is 0 Å². The van der Waals surface area contributed by atoms with Gasteiger partial charge in [-0.2, -0.15) is 0 Å². The zero-order chi connectivity index (χ0) is 12.0. The van der Waals surface area contributed by atoms with Crippen molar-refractivity contribution in [3.8, 4) is 0 Å². The van der Waals surface area contributed by atoms with E-state index in [1.54, 1.807) is 13.0 Å². The average Bonchev–Trinajstić information content (AvgIpc) is 2.26. The minimum atomic E-state index is -0.348. The second-order valence-electron chi connectivity index (χ2n) is 3.64. The maximum absolute atomic E-state index is 10.7. The summed E-state index contributed by atoms with van der Waals surface area (Å²) < 4.78 is 0. The highest BCUT2D eigenvalue weighted by Gasteiger charge is 2.12. The van der Waals surface area contributed by atoms with Gasteiger partial charge in [0.2, 0.25) is 0 Å². The third-order valence-electron chi connectivity index (χ3n) is 2.49. The van der Waals surface area contributed by atoms with Gasteiger partial charge in [0, 0.05) is 18.2 Å². The van der Waals surface area contributed by atoms with E-state index in [9.17, 15) is 10.1 Å². The molecule has 0 radical (unpaired) electrons. The van der Waals surface area contributed by atoms with Crippen LogP contribution in [0.5, 0.6) is 0 Å². The average molecular weight is 223 g/mol. The second-order valence-corrected chi connectivity index (χ2v) is 3.64. The van der Waals surface area contributed by atoms with E-state index in [0.717, 1.165) is 24.1 Å². The van der Waals surface area contributed by atoms with Crippen molar-refractivity contribution in [3.05, 3.63) is 39.4 Å². The molecule has 0 amide bonds. The predicted molar refractivity (Wildman–Crippen MR) is 63.2 cm³/mol. The Labute approximate surface area is 94.8 Å². The van der Waals surface area contributed by atoms with Crippen molar-refractivity contribution in [2.45, 2.75) is 19.9 Å². The highest BCUT2D eigenvalue weighted by Crippen LogP contribution is 2.20. The molecule has 0 atom stereocenters. The van der Waals surface area contributed by atoms with Crippen molar-refractivity contribution in [1.82, 2.24) is 5.32 Å². The number of hydrogen-bond acceptors (Lipinski definition) is 4. The fourth-order valence-electron chi connectivity index (χ4n) is 1.51. The van der Waals surface area contributed by atoms with E-state index >= 15 is 0 Å². The van der Waals surface area contributed by atoms with Gasteiger partial charge in [0.05, 0.1) is 4.92 Å². The van der Waals surface area contributed by atoms with Crippen molar-refractivity contribution < 1.29 is 4.92 Å². The third kappa shape index (κ3) is 3.29. The van der Waals surface area contributed by atoms with E-state index in [1.165, 1.54) is 6.07 Å². The van der Waals surface area contributed by atoms with Gasteiger partial charge in [-0.05, 0) is 32.0 Å². The van der Waals surface area contributed by atoms with Crippen molar-refractivity contribution >= 4 is 5.69 Å². The molecule has 0 aliphatic carbocycles. The summed E-state index contributed by atoms with van der Waals surface area (Å²) in [5, 5.41) is 13.9. The summed E-state index contributed by atoms with van der Waals surface area (Å²) >= 11 is 0. The van der Waals surface area contributed by atoms with Crippen molar-refractivity contribution in [2.24, 2.45) is 5.73 Å². The lowest BCUT2D eigenvalue weighted by molar-refractivity contribution is -0.385. The summed E-state index contributed by atoms with van der Waals surface area (Å²) in [6.45, 7) is 3.91. The van der Waals surface area contributed by atoms with Crippen LogP contribution in [0.4, 0.5) is 5.69 Å². The van der Waals surface area contributed by atoms with Crippen LogP contribution >= 0.6 is 0 Å². The highest BCUT2D eigenvalue weighted by atomic mass is 16.6. The van der Waals surface area contributed by atoms with E-state index in [-0.39, 0.29) is 10.6 Å². The van der Waals surface area contributed by atoms with Crippen LogP contribution in [0, 0.1) is 17.0 Å². The summed E-state index contributed by atoms with van der Waals surface area (Å²) in [5.41, 5.74) is 7.24. The van der Waals surface area contributed by atoms with Crippen LogP contribution in [0.1, 0.15) is 17.5 Å². The summed E-state index contributed by atoms with van der Waals surface area (Å²) in [4.78, 5) is 10.4. The Bertz CT molecular complexity index is 366. The summed E-state index contributed by atoms with van der Waals surface area (Å²) in [7, 11) is 0. The highest BCUT2D eigenvalue weighted by molar-refractivity contribution is 5.44.